The number of carbonyl (C=O) groups excluding carboxylic acids is 2. The lowest BCUT2D eigenvalue weighted by molar-refractivity contribution is -0.136. The van der Waals surface area contributed by atoms with Crippen LogP contribution in [0.2, 0.25) is 0 Å². The van der Waals surface area contributed by atoms with Crippen molar-refractivity contribution in [3.8, 4) is 5.75 Å². The van der Waals surface area contributed by atoms with Crippen LogP contribution in [0.5, 0.6) is 5.75 Å². The summed E-state index contributed by atoms with van der Waals surface area (Å²) in [6.07, 6.45) is 2.06. The van der Waals surface area contributed by atoms with Gasteiger partial charge in [0.15, 0.2) is 12.3 Å². The molecule has 154 valence electrons. The van der Waals surface area contributed by atoms with Crippen LogP contribution in [0.25, 0.3) is 0 Å². The van der Waals surface area contributed by atoms with Crippen LogP contribution in [0.4, 0.5) is 0 Å². The summed E-state index contributed by atoms with van der Waals surface area (Å²) in [6.45, 7) is 3.54. The molecule has 0 spiro atoms. The van der Waals surface area contributed by atoms with Crippen LogP contribution in [-0.4, -0.2) is 52.9 Å². The van der Waals surface area contributed by atoms with Crippen LogP contribution >= 0.6 is 0 Å². The standard InChI is InChI=1S/C21H25N3O5/c1-16-6-5-11-23(14-16)20(26)15-29-21(27)18-9-10-19(25)24(22-18)12-13-28-17-7-3-2-4-8-17/h2-4,7-10,16H,5-6,11-15H2,1H3. The van der Waals surface area contributed by atoms with Crippen molar-refractivity contribution in [3.63, 3.8) is 0 Å². The summed E-state index contributed by atoms with van der Waals surface area (Å²) >= 11 is 0. The monoisotopic (exact) mass is 399 g/mol. The van der Waals surface area contributed by atoms with Crippen molar-refractivity contribution in [2.75, 3.05) is 26.3 Å². The van der Waals surface area contributed by atoms with Gasteiger partial charge in [0, 0.05) is 19.2 Å². The number of ether oxygens (including phenoxy) is 2. The third-order valence-electron chi connectivity index (χ3n) is 4.73. The zero-order valence-electron chi connectivity index (χ0n) is 16.5. The largest absolute Gasteiger partial charge is 0.492 e. The van der Waals surface area contributed by atoms with Crippen molar-refractivity contribution >= 4 is 11.9 Å². The second-order valence-electron chi connectivity index (χ2n) is 7.10. The topological polar surface area (TPSA) is 90.7 Å². The Morgan fingerprint density at radius 3 is 2.72 bits per heavy atom. The molecule has 8 heteroatoms. The predicted octanol–water partition coefficient (Wildman–Crippen LogP) is 1.74. The zero-order valence-corrected chi connectivity index (χ0v) is 16.5. The van der Waals surface area contributed by atoms with E-state index in [0.29, 0.717) is 24.8 Å². The molecule has 1 aliphatic heterocycles. The molecule has 1 saturated heterocycles. The number of hydrogen-bond acceptors (Lipinski definition) is 6. The lowest BCUT2D eigenvalue weighted by atomic mass is 10.0. The van der Waals surface area contributed by atoms with E-state index < -0.39 is 5.97 Å². The lowest BCUT2D eigenvalue weighted by Crippen LogP contribution is -2.41. The maximum Gasteiger partial charge on any atom is 0.359 e. The van der Waals surface area contributed by atoms with E-state index in [1.807, 2.05) is 30.3 Å². The summed E-state index contributed by atoms with van der Waals surface area (Å²) in [5.41, 5.74) is -0.374. The number of para-hydroxylation sites is 1. The first-order chi connectivity index (χ1) is 14.0. The van der Waals surface area contributed by atoms with Gasteiger partial charge in [-0.1, -0.05) is 25.1 Å². The number of esters is 1. The molecule has 2 heterocycles. The van der Waals surface area contributed by atoms with Crippen LogP contribution in [0.3, 0.4) is 0 Å². The molecule has 1 unspecified atom stereocenters. The van der Waals surface area contributed by atoms with E-state index >= 15 is 0 Å². The van der Waals surface area contributed by atoms with Gasteiger partial charge in [0.25, 0.3) is 11.5 Å². The van der Waals surface area contributed by atoms with Crippen molar-refractivity contribution in [2.45, 2.75) is 26.3 Å². The number of likely N-dealkylation sites (tertiary alicyclic amines) is 1. The van der Waals surface area contributed by atoms with Crippen molar-refractivity contribution in [2.24, 2.45) is 5.92 Å². The summed E-state index contributed by atoms with van der Waals surface area (Å²) < 4.78 is 11.8. The highest BCUT2D eigenvalue weighted by Crippen LogP contribution is 2.15. The van der Waals surface area contributed by atoms with Crippen LogP contribution in [0, 0.1) is 5.92 Å². The molecular formula is C21H25N3O5. The highest BCUT2D eigenvalue weighted by atomic mass is 16.5. The van der Waals surface area contributed by atoms with E-state index in [1.165, 1.54) is 12.1 Å². The van der Waals surface area contributed by atoms with Crippen molar-refractivity contribution in [1.29, 1.82) is 0 Å². The molecule has 1 fully saturated rings. The van der Waals surface area contributed by atoms with Gasteiger partial charge in [0.2, 0.25) is 0 Å². The highest BCUT2D eigenvalue weighted by Gasteiger charge is 2.22. The summed E-state index contributed by atoms with van der Waals surface area (Å²) in [6, 6.07) is 11.7. The second kappa shape index (κ2) is 9.86. The van der Waals surface area contributed by atoms with Gasteiger partial charge in [0.05, 0.1) is 6.54 Å². The molecule has 1 aromatic heterocycles. The van der Waals surface area contributed by atoms with Crippen LogP contribution in [0.1, 0.15) is 30.3 Å². The third-order valence-corrected chi connectivity index (χ3v) is 4.73. The molecule has 3 rings (SSSR count). The SMILES string of the molecule is CC1CCCN(C(=O)COC(=O)c2ccc(=O)n(CCOc3ccccc3)n2)C1. The molecule has 8 nitrogen and oxygen atoms in total. The summed E-state index contributed by atoms with van der Waals surface area (Å²) in [4.78, 5) is 38.2. The maximum atomic E-state index is 12.3. The number of piperidine rings is 1. The van der Waals surface area contributed by atoms with E-state index in [9.17, 15) is 14.4 Å². The Morgan fingerprint density at radius 2 is 1.97 bits per heavy atom. The molecule has 2 aromatic rings. The minimum atomic E-state index is -0.735. The molecule has 0 aliphatic carbocycles. The number of nitrogens with zero attached hydrogens (tertiary/aromatic N) is 3. The van der Waals surface area contributed by atoms with E-state index in [2.05, 4.69) is 12.0 Å². The smallest absolute Gasteiger partial charge is 0.359 e. The number of amides is 1. The Morgan fingerprint density at radius 1 is 1.17 bits per heavy atom. The molecule has 0 radical (unpaired) electrons. The van der Waals surface area contributed by atoms with Gasteiger partial charge >= 0.3 is 5.97 Å². The number of aromatic nitrogens is 2. The number of benzene rings is 1. The average Bonchev–Trinajstić information content (AvgIpc) is 2.74. The van der Waals surface area contributed by atoms with Gasteiger partial charge in [-0.15, -0.1) is 0 Å². The van der Waals surface area contributed by atoms with Gasteiger partial charge in [-0.2, -0.15) is 5.10 Å². The fraction of sp³-hybridized carbons (Fsp3) is 0.429. The fourth-order valence-electron chi connectivity index (χ4n) is 3.19. The Labute approximate surface area is 169 Å². The van der Waals surface area contributed by atoms with Gasteiger partial charge < -0.3 is 14.4 Å². The van der Waals surface area contributed by atoms with E-state index in [0.717, 1.165) is 17.5 Å². The van der Waals surface area contributed by atoms with Gasteiger partial charge in [0.1, 0.15) is 12.4 Å². The summed E-state index contributed by atoms with van der Waals surface area (Å²) in [7, 11) is 0. The van der Waals surface area contributed by atoms with Crippen LogP contribution < -0.4 is 10.3 Å². The number of hydrogen-bond donors (Lipinski definition) is 0. The average molecular weight is 399 g/mol. The first kappa shape index (κ1) is 20.6. The van der Waals surface area contributed by atoms with Gasteiger partial charge in [-0.05, 0) is 37.0 Å². The molecule has 1 aliphatic rings. The molecule has 0 bridgehead atoms. The Hall–Kier alpha value is -3.16. The first-order valence-electron chi connectivity index (χ1n) is 9.74. The Kier molecular flexibility index (Phi) is 6.99. The summed E-state index contributed by atoms with van der Waals surface area (Å²) in [5, 5.41) is 4.03. The van der Waals surface area contributed by atoms with Crippen molar-refractivity contribution in [1.82, 2.24) is 14.7 Å². The van der Waals surface area contributed by atoms with Gasteiger partial charge in [-0.3, -0.25) is 9.59 Å². The minimum Gasteiger partial charge on any atom is -0.492 e. The zero-order chi connectivity index (χ0) is 20.6. The van der Waals surface area contributed by atoms with E-state index in [1.54, 1.807) is 4.90 Å². The van der Waals surface area contributed by atoms with Gasteiger partial charge in [-0.25, -0.2) is 9.48 Å². The Bertz CT molecular complexity index is 897. The lowest BCUT2D eigenvalue weighted by Gasteiger charge is -2.30. The second-order valence-corrected chi connectivity index (χ2v) is 7.10. The third kappa shape index (κ3) is 5.91. The molecule has 0 saturated carbocycles. The predicted molar refractivity (Wildman–Crippen MR) is 106 cm³/mol. The fourth-order valence-corrected chi connectivity index (χ4v) is 3.19. The summed E-state index contributed by atoms with van der Waals surface area (Å²) in [5.74, 6) is 0.184. The Balaban J connectivity index is 1.53. The quantitative estimate of drug-likeness (QED) is 0.659. The maximum absolute atomic E-state index is 12.3. The number of rotatable bonds is 7. The minimum absolute atomic E-state index is 0.0240. The van der Waals surface area contributed by atoms with Crippen molar-refractivity contribution < 1.29 is 19.1 Å². The molecule has 1 aromatic carbocycles. The van der Waals surface area contributed by atoms with Crippen LogP contribution in [0.15, 0.2) is 47.3 Å². The number of carbonyl (C=O) groups is 2. The van der Waals surface area contributed by atoms with E-state index in [4.69, 9.17) is 9.47 Å². The van der Waals surface area contributed by atoms with E-state index in [-0.39, 0.29) is 36.9 Å². The molecule has 29 heavy (non-hydrogen) atoms. The molecule has 1 amide bonds. The van der Waals surface area contributed by atoms with Crippen LogP contribution in [-0.2, 0) is 16.1 Å². The normalized spacial score (nSPS) is 16.3. The van der Waals surface area contributed by atoms with Crippen molar-refractivity contribution in [3.05, 3.63) is 58.5 Å². The molecular weight excluding hydrogens is 374 g/mol. The highest BCUT2D eigenvalue weighted by molar-refractivity contribution is 5.89. The molecule has 0 N–H and O–H groups in total. The first-order valence-corrected chi connectivity index (χ1v) is 9.74. The molecule has 1 atom stereocenters.